The number of aryl methyl sites for hydroxylation is 1. The molecule has 0 aliphatic rings. The Labute approximate surface area is 130 Å². The van der Waals surface area contributed by atoms with Crippen LogP contribution in [0.15, 0.2) is 42.6 Å². The molecule has 1 heterocycles. The molecule has 0 spiro atoms. The summed E-state index contributed by atoms with van der Waals surface area (Å²) in [5.74, 6) is -0.424. The first kappa shape index (κ1) is 16.3. The Morgan fingerprint density at radius 3 is 2.64 bits per heavy atom. The monoisotopic (exact) mass is 328 g/mol. The topological polar surface area (TPSA) is 42.0 Å². The van der Waals surface area contributed by atoms with Crippen molar-refractivity contribution in [2.75, 3.05) is 5.32 Å². The van der Waals surface area contributed by atoms with E-state index in [1.165, 1.54) is 0 Å². The van der Waals surface area contributed by atoms with E-state index in [0.29, 0.717) is 6.42 Å². The van der Waals surface area contributed by atoms with Crippen molar-refractivity contribution in [1.29, 1.82) is 0 Å². The average Bonchev–Trinajstić information content (AvgIpc) is 2.47. The minimum absolute atomic E-state index is 0.0532. The summed E-state index contributed by atoms with van der Waals surface area (Å²) in [6, 6.07) is 8.12. The molecule has 1 aromatic carbocycles. The summed E-state index contributed by atoms with van der Waals surface area (Å²) in [6.45, 7) is 0. The number of anilines is 1. The van der Waals surface area contributed by atoms with Gasteiger partial charge in [0.25, 0.3) is 0 Å². The third-order valence-electron chi connectivity index (χ3n) is 2.90. The molecule has 0 unspecified atom stereocenters. The second-order valence-corrected chi connectivity index (χ2v) is 4.97. The average molecular weight is 329 g/mol. The number of rotatable bonds is 4. The smallest absolute Gasteiger partial charge is 0.325 e. The van der Waals surface area contributed by atoms with Gasteiger partial charge in [0.15, 0.2) is 0 Å². The molecule has 0 fully saturated rings. The Morgan fingerprint density at radius 2 is 2.00 bits per heavy atom. The Morgan fingerprint density at radius 1 is 1.23 bits per heavy atom. The lowest BCUT2D eigenvalue weighted by Gasteiger charge is -2.11. The van der Waals surface area contributed by atoms with Crippen molar-refractivity contribution in [2.24, 2.45) is 0 Å². The first-order valence-corrected chi connectivity index (χ1v) is 6.80. The fourth-order valence-corrected chi connectivity index (χ4v) is 1.96. The lowest BCUT2D eigenvalue weighted by atomic mass is 10.1. The molecule has 7 heteroatoms. The maximum Gasteiger partial charge on any atom is 0.416 e. The summed E-state index contributed by atoms with van der Waals surface area (Å²) in [6.07, 6.45) is -2.39. The van der Waals surface area contributed by atoms with Crippen molar-refractivity contribution in [2.45, 2.75) is 19.0 Å². The largest absolute Gasteiger partial charge is 0.416 e. The number of carbonyl (C=O) groups is 1. The molecule has 2 rings (SSSR count). The molecule has 116 valence electrons. The van der Waals surface area contributed by atoms with Gasteiger partial charge >= 0.3 is 6.18 Å². The van der Waals surface area contributed by atoms with Gasteiger partial charge < -0.3 is 5.32 Å². The van der Waals surface area contributed by atoms with Crippen LogP contribution in [0.1, 0.15) is 17.7 Å². The van der Waals surface area contributed by atoms with Crippen LogP contribution in [0.25, 0.3) is 0 Å². The van der Waals surface area contributed by atoms with Crippen molar-refractivity contribution in [3.63, 3.8) is 0 Å². The first-order chi connectivity index (χ1) is 10.4. The number of amides is 1. The molecule has 1 amide bonds. The normalized spacial score (nSPS) is 11.3. The molecule has 1 N–H and O–H groups in total. The van der Waals surface area contributed by atoms with Crippen LogP contribution in [0.2, 0.25) is 5.02 Å². The number of alkyl halides is 3. The highest BCUT2D eigenvalue weighted by Crippen LogP contribution is 2.33. The zero-order valence-electron chi connectivity index (χ0n) is 11.3. The Hall–Kier alpha value is -2.08. The van der Waals surface area contributed by atoms with Gasteiger partial charge in [-0.1, -0.05) is 17.7 Å². The van der Waals surface area contributed by atoms with E-state index in [1.807, 2.05) is 0 Å². The molecule has 0 atom stereocenters. The molecular formula is C15H12ClF3N2O. The van der Waals surface area contributed by atoms with E-state index in [9.17, 15) is 18.0 Å². The van der Waals surface area contributed by atoms with Gasteiger partial charge in [-0.3, -0.25) is 9.78 Å². The van der Waals surface area contributed by atoms with Crippen LogP contribution in [-0.4, -0.2) is 10.9 Å². The van der Waals surface area contributed by atoms with Gasteiger partial charge in [-0.2, -0.15) is 13.2 Å². The number of hydrogen-bond acceptors (Lipinski definition) is 2. The van der Waals surface area contributed by atoms with E-state index >= 15 is 0 Å². The van der Waals surface area contributed by atoms with Crippen LogP contribution < -0.4 is 5.32 Å². The summed E-state index contributed by atoms with van der Waals surface area (Å²) in [7, 11) is 0. The molecule has 1 aromatic heterocycles. The number of hydrogen-bond donors (Lipinski definition) is 1. The van der Waals surface area contributed by atoms with Crippen LogP contribution in [0, 0.1) is 0 Å². The summed E-state index contributed by atoms with van der Waals surface area (Å²) >= 11 is 5.81. The highest BCUT2D eigenvalue weighted by molar-refractivity contribution is 6.33. The van der Waals surface area contributed by atoms with Crippen LogP contribution in [0.4, 0.5) is 18.9 Å². The van der Waals surface area contributed by atoms with Crippen LogP contribution in [0.3, 0.4) is 0 Å². The standard InChI is InChI=1S/C15H12ClF3N2O/c16-12-6-4-10(15(17,18)19)9-13(12)21-14(22)7-5-11-3-1-2-8-20-11/h1-4,6,8-9H,5,7H2,(H,21,22). The Kier molecular flexibility index (Phi) is 5.03. The Bertz CT molecular complexity index is 660. The number of halogens is 4. The number of carbonyl (C=O) groups excluding carboxylic acids is 1. The van der Waals surface area contributed by atoms with Crippen LogP contribution >= 0.6 is 11.6 Å². The van der Waals surface area contributed by atoms with E-state index in [-0.39, 0.29) is 17.1 Å². The van der Waals surface area contributed by atoms with Gasteiger partial charge in [-0.25, -0.2) is 0 Å². The van der Waals surface area contributed by atoms with E-state index in [2.05, 4.69) is 10.3 Å². The predicted molar refractivity (Wildman–Crippen MR) is 77.6 cm³/mol. The van der Waals surface area contributed by atoms with Gasteiger partial charge in [0.1, 0.15) is 0 Å². The molecule has 0 saturated carbocycles. The van der Waals surface area contributed by atoms with Crippen molar-refractivity contribution < 1.29 is 18.0 Å². The van der Waals surface area contributed by atoms with Gasteiger partial charge in [0.2, 0.25) is 5.91 Å². The minimum Gasteiger partial charge on any atom is -0.325 e. The van der Waals surface area contributed by atoms with E-state index in [0.717, 1.165) is 23.9 Å². The second-order valence-electron chi connectivity index (χ2n) is 4.56. The van der Waals surface area contributed by atoms with E-state index in [4.69, 9.17) is 11.6 Å². The molecule has 0 radical (unpaired) electrons. The third-order valence-corrected chi connectivity index (χ3v) is 3.23. The predicted octanol–water partition coefficient (Wildman–Crippen LogP) is 4.33. The van der Waals surface area contributed by atoms with Crippen molar-refractivity contribution >= 4 is 23.2 Å². The maximum absolute atomic E-state index is 12.6. The third kappa shape index (κ3) is 4.46. The number of aromatic nitrogens is 1. The molecule has 0 bridgehead atoms. The van der Waals surface area contributed by atoms with Crippen LogP contribution in [0.5, 0.6) is 0 Å². The molecular weight excluding hydrogens is 317 g/mol. The van der Waals surface area contributed by atoms with E-state index < -0.39 is 17.6 Å². The quantitative estimate of drug-likeness (QED) is 0.908. The summed E-state index contributed by atoms with van der Waals surface area (Å²) in [5, 5.41) is 2.45. The molecule has 22 heavy (non-hydrogen) atoms. The van der Waals surface area contributed by atoms with Gasteiger partial charge in [-0.15, -0.1) is 0 Å². The Balaban J connectivity index is 2.02. The number of benzene rings is 1. The minimum atomic E-state index is -4.49. The van der Waals surface area contributed by atoms with Crippen LogP contribution in [-0.2, 0) is 17.4 Å². The first-order valence-electron chi connectivity index (χ1n) is 6.43. The SMILES string of the molecule is O=C(CCc1ccccn1)Nc1cc(C(F)(F)F)ccc1Cl. The molecule has 0 aliphatic heterocycles. The number of pyridine rings is 1. The fraction of sp³-hybridized carbons (Fsp3) is 0.200. The van der Waals surface area contributed by atoms with Crippen molar-refractivity contribution in [1.82, 2.24) is 4.98 Å². The number of nitrogens with zero attached hydrogens (tertiary/aromatic N) is 1. The molecule has 2 aromatic rings. The summed E-state index contributed by atoms with van der Waals surface area (Å²) in [4.78, 5) is 15.9. The summed E-state index contributed by atoms with van der Waals surface area (Å²) < 4.78 is 37.9. The molecule has 0 saturated heterocycles. The fourth-order valence-electron chi connectivity index (χ4n) is 1.80. The molecule has 3 nitrogen and oxygen atoms in total. The maximum atomic E-state index is 12.6. The van der Waals surface area contributed by atoms with Gasteiger partial charge in [0.05, 0.1) is 16.3 Å². The van der Waals surface area contributed by atoms with E-state index in [1.54, 1.807) is 24.4 Å². The zero-order valence-corrected chi connectivity index (χ0v) is 12.1. The summed E-state index contributed by atoms with van der Waals surface area (Å²) in [5.41, 5.74) is -0.188. The lowest BCUT2D eigenvalue weighted by Crippen LogP contribution is -2.14. The van der Waals surface area contributed by atoms with Crippen molar-refractivity contribution in [3.05, 3.63) is 58.9 Å². The number of nitrogens with one attached hydrogen (secondary N) is 1. The second kappa shape index (κ2) is 6.79. The highest BCUT2D eigenvalue weighted by atomic mass is 35.5. The van der Waals surface area contributed by atoms with Gasteiger partial charge in [0, 0.05) is 18.3 Å². The highest BCUT2D eigenvalue weighted by Gasteiger charge is 2.31. The van der Waals surface area contributed by atoms with Gasteiger partial charge in [-0.05, 0) is 36.8 Å². The molecule has 0 aliphatic carbocycles. The lowest BCUT2D eigenvalue weighted by molar-refractivity contribution is -0.137. The zero-order chi connectivity index (χ0) is 16.2. The van der Waals surface area contributed by atoms with Crippen molar-refractivity contribution in [3.8, 4) is 0 Å².